The summed E-state index contributed by atoms with van der Waals surface area (Å²) >= 11 is 0. The Bertz CT molecular complexity index is 758. The molecule has 0 saturated carbocycles. The lowest BCUT2D eigenvalue weighted by Crippen LogP contribution is -2.19. The second-order valence-electron chi connectivity index (χ2n) is 5.14. The molecule has 2 rings (SSSR count). The fourth-order valence-corrected chi connectivity index (χ4v) is 2.06. The van der Waals surface area contributed by atoms with Crippen LogP contribution in [0.3, 0.4) is 0 Å². The molecule has 0 saturated heterocycles. The largest absolute Gasteiger partial charge is 0.416 e. The van der Waals surface area contributed by atoms with Crippen molar-refractivity contribution in [3.8, 4) is 0 Å². The average molecular weight is 338 g/mol. The van der Waals surface area contributed by atoms with E-state index in [0.29, 0.717) is 5.56 Å². The molecule has 0 heterocycles. The van der Waals surface area contributed by atoms with Crippen LogP contribution in [0.4, 0.5) is 24.5 Å². The van der Waals surface area contributed by atoms with Crippen molar-refractivity contribution in [2.24, 2.45) is 0 Å². The summed E-state index contributed by atoms with van der Waals surface area (Å²) in [7, 11) is 0. The number of carbonyl (C=O) groups is 1. The maximum absolute atomic E-state index is 12.7. The van der Waals surface area contributed by atoms with Crippen molar-refractivity contribution in [3.05, 3.63) is 69.8 Å². The minimum Gasteiger partial charge on any atom is -0.326 e. The lowest BCUT2D eigenvalue weighted by Gasteiger charge is -2.14. The van der Waals surface area contributed by atoms with E-state index in [1.165, 1.54) is 36.4 Å². The number of nitrogens with zero attached hydrogens (tertiary/aromatic N) is 1. The number of anilines is 1. The van der Waals surface area contributed by atoms with Gasteiger partial charge in [-0.1, -0.05) is 18.2 Å². The molecule has 0 spiro atoms. The number of carbonyl (C=O) groups excluding carboxylic acids is 1. The highest BCUT2D eigenvalue weighted by atomic mass is 19.4. The number of hydrogen-bond acceptors (Lipinski definition) is 3. The predicted molar refractivity (Wildman–Crippen MR) is 81.6 cm³/mol. The Morgan fingerprint density at radius 2 is 1.79 bits per heavy atom. The van der Waals surface area contributed by atoms with Gasteiger partial charge in [0.1, 0.15) is 0 Å². The van der Waals surface area contributed by atoms with Gasteiger partial charge in [-0.3, -0.25) is 14.9 Å². The zero-order valence-electron chi connectivity index (χ0n) is 12.5. The molecule has 8 heteroatoms. The van der Waals surface area contributed by atoms with Crippen molar-refractivity contribution in [2.75, 3.05) is 5.32 Å². The number of halogens is 3. The Morgan fingerprint density at radius 3 is 2.33 bits per heavy atom. The molecule has 24 heavy (non-hydrogen) atoms. The van der Waals surface area contributed by atoms with E-state index in [4.69, 9.17) is 0 Å². The van der Waals surface area contributed by atoms with Gasteiger partial charge in [-0.2, -0.15) is 13.2 Å². The first-order valence-corrected chi connectivity index (χ1v) is 6.91. The third-order valence-corrected chi connectivity index (χ3v) is 3.45. The molecule has 5 nitrogen and oxygen atoms in total. The Hall–Kier alpha value is -2.90. The van der Waals surface area contributed by atoms with Gasteiger partial charge in [-0.15, -0.1) is 0 Å². The topological polar surface area (TPSA) is 72.2 Å². The van der Waals surface area contributed by atoms with E-state index in [-0.39, 0.29) is 11.4 Å². The summed E-state index contributed by atoms with van der Waals surface area (Å²) in [5.41, 5.74) is -0.416. The minimum atomic E-state index is -4.50. The smallest absolute Gasteiger partial charge is 0.326 e. The van der Waals surface area contributed by atoms with Gasteiger partial charge in [0.2, 0.25) is 5.91 Å². The number of alkyl halides is 3. The van der Waals surface area contributed by atoms with Crippen LogP contribution in [0.25, 0.3) is 0 Å². The molecule has 0 unspecified atom stereocenters. The molecule has 0 aliphatic carbocycles. The van der Waals surface area contributed by atoms with E-state index in [1.54, 1.807) is 6.92 Å². The standard InChI is InChI=1S/C16H13F3N2O3/c1-10(11-5-7-14(8-6-11)21(23)24)15(22)20-13-4-2-3-12(9-13)16(17,18)19/h2-10H,1H3,(H,20,22)/t10-/m0/s1. The monoisotopic (exact) mass is 338 g/mol. The van der Waals surface area contributed by atoms with Crippen LogP contribution in [0.1, 0.15) is 24.0 Å². The summed E-state index contributed by atoms with van der Waals surface area (Å²) in [5, 5.41) is 13.0. The quantitative estimate of drug-likeness (QED) is 0.665. The van der Waals surface area contributed by atoms with E-state index in [0.717, 1.165) is 12.1 Å². The van der Waals surface area contributed by atoms with E-state index >= 15 is 0 Å². The molecule has 0 aliphatic rings. The van der Waals surface area contributed by atoms with Crippen molar-refractivity contribution < 1.29 is 22.9 Å². The lowest BCUT2D eigenvalue weighted by molar-refractivity contribution is -0.384. The van der Waals surface area contributed by atoms with Crippen molar-refractivity contribution in [1.82, 2.24) is 0 Å². The highest BCUT2D eigenvalue weighted by Crippen LogP contribution is 2.31. The molecule has 2 aromatic carbocycles. The minimum absolute atomic E-state index is 0.0311. The molecular formula is C16H13F3N2O3. The van der Waals surface area contributed by atoms with E-state index in [1.807, 2.05) is 0 Å². The molecule has 2 aromatic rings. The molecular weight excluding hydrogens is 325 g/mol. The molecule has 1 amide bonds. The summed E-state index contributed by atoms with van der Waals surface area (Å²) in [5.74, 6) is -1.19. The fraction of sp³-hybridized carbons (Fsp3) is 0.188. The summed E-state index contributed by atoms with van der Waals surface area (Å²) in [6.45, 7) is 1.56. The van der Waals surface area contributed by atoms with E-state index in [9.17, 15) is 28.1 Å². The molecule has 0 aromatic heterocycles. The van der Waals surface area contributed by atoms with Gasteiger partial charge in [-0.05, 0) is 30.7 Å². The Kier molecular flexibility index (Phi) is 4.87. The van der Waals surface area contributed by atoms with Gasteiger partial charge < -0.3 is 5.32 Å². The summed E-state index contributed by atoms with van der Waals surface area (Å²) < 4.78 is 38.0. The van der Waals surface area contributed by atoms with Crippen LogP contribution in [-0.4, -0.2) is 10.8 Å². The van der Waals surface area contributed by atoms with Crippen LogP contribution in [0.15, 0.2) is 48.5 Å². The van der Waals surface area contributed by atoms with Crippen LogP contribution in [0, 0.1) is 10.1 Å². The van der Waals surface area contributed by atoms with Crippen LogP contribution in [-0.2, 0) is 11.0 Å². The maximum Gasteiger partial charge on any atom is 0.416 e. The van der Waals surface area contributed by atoms with Crippen LogP contribution in [0.2, 0.25) is 0 Å². The second kappa shape index (κ2) is 6.69. The number of amides is 1. The third-order valence-electron chi connectivity index (χ3n) is 3.45. The first kappa shape index (κ1) is 17.5. The number of nitrogens with one attached hydrogen (secondary N) is 1. The van der Waals surface area contributed by atoms with Crippen molar-refractivity contribution in [3.63, 3.8) is 0 Å². The Morgan fingerprint density at radius 1 is 1.17 bits per heavy atom. The molecule has 0 aliphatic heterocycles. The number of hydrogen-bond donors (Lipinski definition) is 1. The first-order chi connectivity index (χ1) is 11.2. The van der Waals surface area contributed by atoms with Crippen molar-refractivity contribution in [2.45, 2.75) is 19.0 Å². The number of benzene rings is 2. The van der Waals surface area contributed by atoms with Crippen LogP contribution in [0.5, 0.6) is 0 Å². The second-order valence-corrected chi connectivity index (χ2v) is 5.14. The highest BCUT2D eigenvalue weighted by Gasteiger charge is 2.30. The maximum atomic E-state index is 12.7. The molecule has 0 radical (unpaired) electrons. The normalized spacial score (nSPS) is 12.5. The molecule has 1 atom stereocenters. The fourth-order valence-electron chi connectivity index (χ4n) is 2.06. The zero-order valence-corrected chi connectivity index (χ0v) is 12.5. The van der Waals surface area contributed by atoms with E-state index in [2.05, 4.69) is 5.32 Å². The van der Waals surface area contributed by atoms with E-state index < -0.39 is 28.5 Å². The summed E-state index contributed by atoms with van der Waals surface area (Å²) in [4.78, 5) is 22.2. The van der Waals surface area contributed by atoms with Gasteiger partial charge in [0.25, 0.3) is 5.69 Å². The molecule has 0 fully saturated rings. The molecule has 126 valence electrons. The SMILES string of the molecule is C[C@H](C(=O)Nc1cccc(C(F)(F)F)c1)c1ccc([N+](=O)[O-])cc1. The number of rotatable bonds is 4. The highest BCUT2D eigenvalue weighted by molar-refractivity contribution is 5.95. The predicted octanol–water partition coefficient (Wildman–Crippen LogP) is 4.36. The zero-order chi connectivity index (χ0) is 17.9. The Labute approximate surface area is 135 Å². The summed E-state index contributed by atoms with van der Waals surface area (Å²) in [6.07, 6.45) is -4.50. The van der Waals surface area contributed by atoms with Gasteiger partial charge >= 0.3 is 6.18 Å². The van der Waals surface area contributed by atoms with Crippen LogP contribution < -0.4 is 5.32 Å². The third kappa shape index (κ3) is 4.09. The van der Waals surface area contributed by atoms with Gasteiger partial charge in [-0.25, -0.2) is 0 Å². The van der Waals surface area contributed by atoms with Gasteiger partial charge in [0.15, 0.2) is 0 Å². The summed E-state index contributed by atoms with van der Waals surface area (Å²) in [6, 6.07) is 9.73. The number of nitro benzene ring substituents is 1. The number of non-ortho nitro benzene ring substituents is 1. The van der Waals surface area contributed by atoms with Crippen LogP contribution >= 0.6 is 0 Å². The number of nitro groups is 1. The molecule has 0 bridgehead atoms. The van der Waals surface area contributed by atoms with Crippen molar-refractivity contribution >= 4 is 17.3 Å². The van der Waals surface area contributed by atoms with Gasteiger partial charge in [0, 0.05) is 17.8 Å². The van der Waals surface area contributed by atoms with Crippen molar-refractivity contribution in [1.29, 1.82) is 0 Å². The van der Waals surface area contributed by atoms with Gasteiger partial charge in [0.05, 0.1) is 16.4 Å². The molecule has 1 N–H and O–H groups in total. The lowest BCUT2D eigenvalue weighted by atomic mass is 10.00. The first-order valence-electron chi connectivity index (χ1n) is 6.91. The Balaban J connectivity index is 2.13. The average Bonchev–Trinajstić information content (AvgIpc) is 2.53.